The number of hydrogen-bond donors (Lipinski definition) is 3. The molecule has 0 bridgehead atoms. The van der Waals surface area contributed by atoms with E-state index in [1.807, 2.05) is 4.57 Å². The second-order valence-electron chi connectivity index (χ2n) is 11.3. The van der Waals surface area contributed by atoms with Crippen LogP contribution in [0.2, 0.25) is 30.7 Å². The average Bonchev–Trinajstić information content (AvgIpc) is 3.67. The van der Waals surface area contributed by atoms with Gasteiger partial charge in [0.25, 0.3) is 0 Å². The molecule has 0 amide bonds. The molecule has 8 atom stereocenters. The molecule has 0 spiro atoms. The van der Waals surface area contributed by atoms with Crippen molar-refractivity contribution in [1.82, 2.24) is 14.5 Å². The minimum Gasteiger partial charge on any atom is -0.456 e. The average molecular weight is 700 g/mol. The van der Waals surface area contributed by atoms with Crippen molar-refractivity contribution in [3.05, 3.63) is 14.8 Å². The van der Waals surface area contributed by atoms with E-state index in [2.05, 4.69) is 52.2 Å². The first kappa shape index (κ1) is 29.8. The minimum atomic E-state index is -1.19. The van der Waals surface area contributed by atoms with Gasteiger partial charge in [0.15, 0.2) is 11.8 Å². The number of ether oxygens (including phenoxy) is 6. The quantitative estimate of drug-likeness (QED) is 0.167. The Hall–Kier alpha value is -0.663. The molecule has 4 aliphatic heterocycles. The third-order valence-electron chi connectivity index (χ3n) is 7.05. The van der Waals surface area contributed by atoms with Crippen LogP contribution in [0, 0.1) is 3.70 Å². The maximum Gasteiger partial charge on any atom is 0.301 e. The number of hydrogen-bond acceptors (Lipinski definition) is 11. The van der Waals surface area contributed by atoms with Gasteiger partial charge in [-0.3, -0.25) is 4.57 Å². The third-order valence-corrected chi connectivity index (χ3v) is 10.2. The predicted octanol–water partition coefficient (Wildman–Crippen LogP) is 1.41. The molecule has 0 aliphatic carbocycles. The van der Waals surface area contributed by atoms with Gasteiger partial charge >= 0.3 is 6.01 Å². The highest BCUT2D eigenvalue weighted by atomic mass is 127. The van der Waals surface area contributed by atoms with E-state index in [4.69, 9.17) is 50.2 Å². The van der Waals surface area contributed by atoms with Crippen LogP contribution < -0.4 is 4.74 Å². The Labute approximate surface area is 246 Å². The summed E-state index contributed by atoms with van der Waals surface area (Å²) in [5.41, 5.74) is 1.30. The summed E-state index contributed by atoms with van der Waals surface area (Å²) in [5.74, 6) is 0. The molecule has 39 heavy (non-hydrogen) atoms. The highest BCUT2D eigenvalue weighted by Crippen LogP contribution is 2.32. The normalized spacial score (nSPS) is 33.7. The topological polar surface area (TPSA) is 147 Å². The minimum absolute atomic E-state index is 0.251. The molecule has 4 fully saturated rings. The van der Waals surface area contributed by atoms with E-state index in [1.165, 1.54) is 0 Å². The summed E-state index contributed by atoms with van der Waals surface area (Å²) in [5, 5.41) is 28.8. The summed E-state index contributed by atoms with van der Waals surface area (Å²) in [4.78, 5) is 9.16. The molecule has 0 saturated carbocycles. The Morgan fingerprint density at radius 1 is 0.949 bits per heavy atom. The smallest absolute Gasteiger partial charge is 0.301 e. The molecular formula is C24H35ClIN3O9Si. The van der Waals surface area contributed by atoms with E-state index < -0.39 is 26.4 Å². The Kier molecular flexibility index (Phi) is 9.40. The maximum absolute atomic E-state index is 9.95. The van der Waals surface area contributed by atoms with Crippen molar-refractivity contribution in [2.45, 2.75) is 81.2 Å². The van der Waals surface area contributed by atoms with Gasteiger partial charge < -0.3 is 43.7 Å². The fourth-order valence-electron chi connectivity index (χ4n) is 4.86. The lowest BCUT2D eigenvalue weighted by Crippen LogP contribution is -2.35. The van der Waals surface area contributed by atoms with Gasteiger partial charge in [0.05, 0.1) is 31.5 Å². The molecule has 218 valence electrons. The number of halogens is 2. The summed E-state index contributed by atoms with van der Waals surface area (Å²) in [7, 11) is -1.19. The first-order valence-corrected chi connectivity index (χ1v) is 18.2. The molecule has 4 aliphatic rings. The molecule has 15 heteroatoms. The van der Waals surface area contributed by atoms with Crippen molar-refractivity contribution >= 4 is 53.4 Å². The lowest BCUT2D eigenvalue weighted by molar-refractivity contribution is 0.00205. The van der Waals surface area contributed by atoms with Crippen molar-refractivity contribution < 1.29 is 43.7 Å². The molecule has 2 aromatic rings. The van der Waals surface area contributed by atoms with E-state index in [0.29, 0.717) is 39.1 Å². The fraction of sp³-hybridized carbons (Fsp3) is 0.750. The molecule has 3 N–H and O–H groups in total. The summed E-state index contributed by atoms with van der Waals surface area (Å²) in [6.07, 6.45) is -3.36. The predicted molar refractivity (Wildman–Crippen MR) is 151 cm³/mol. The molecular weight excluding hydrogens is 665 g/mol. The number of rotatable bonds is 7. The highest BCUT2D eigenvalue weighted by molar-refractivity contribution is 14.1. The summed E-state index contributed by atoms with van der Waals surface area (Å²) < 4.78 is 36.1. The second-order valence-corrected chi connectivity index (χ2v) is 18.4. The highest BCUT2D eigenvalue weighted by Gasteiger charge is 2.49. The molecule has 6 heterocycles. The van der Waals surface area contributed by atoms with Crippen LogP contribution in [0.3, 0.4) is 0 Å². The van der Waals surface area contributed by atoms with Gasteiger partial charge in [-0.25, -0.2) is 4.98 Å². The van der Waals surface area contributed by atoms with Crippen LogP contribution in [-0.2, 0) is 30.4 Å². The third kappa shape index (κ3) is 6.71. The van der Waals surface area contributed by atoms with Crippen LogP contribution >= 0.6 is 34.2 Å². The van der Waals surface area contributed by atoms with E-state index in [0.717, 1.165) is 6.04 Å². The number of imidazole rings is 1. The molecule has 12 nitrogen and oxygen atoms in total. The van der Waals surface area contributed by atoms with Gasteiger partial charge in [-0.05, 0) is 34.7 Å². The van der Waals surface area contributed by atoms with Crippen LogP contribution in [0.4, 0.5) is 0 Å². The summed E-state index contributed by atoms with van der Waals surface area (Å²) >= 11 is 8.33. The van der Waals surface area contributed by atoms with Crippen LogP contribution in [0.25, 0.3) is 11.2 Å². The Bertz CT molecular complexity index is 1140. The largest absolute Gasteiger partial charge is 0.456 e. The number of aliphatic hydroxyl groups is 3. The van der Waals surface area contributed by atoms with Gasteiger partial charge in [0.1, 0.15) is 58.7 Å². The van der Waals surface area contributed by atoms with Gasteiger partial charge in [-0.1, -0.05) is 31.2 Å². The van der Waals surface area contributed by atoms with Crippen LogP contribution in [0.1, 0.15) is 0 Å². The van der Waals surface area contributed by atoms with Gasteiger partial charge in [0.2, 0.25) is 0 Å². The monoisotopic (exact) mass is 699 g/mol. The van der Waals surface area contributed by atoms with Gasteiger partial charge in [-0.2, -0.15) is 4.98 Å². The van der Waals surface area contributed by atoms with Crippen LogP contribution in [-0.4, -0.2) is 120 Å². The fourth-order valence-corrected chi connectivity index (χ4v) is 6.15. The SMILES string of the molecule is C[Si](C)(C)CCOCn1c(O[C@@H]2CO[C@H]3[C@@H]2OC[C@H]3O)nc2cc(Cl)c(I)nc21.O[C@@H]1CO[C@H]2[C@@H]1OC[C@H]2O. The molecule has 0 unspecified atom stereocenters. The number of aromatic nitrogens is 3. The van der Waals surface area contributed by atoms with Crippen molar-refractivity contribution in [3.63, 3.8) is 0 Å². The maximum atomic E-state index is 9.95. The van der Waals surface area contributed by atoms with Crippen molar-refractivity contribution in [2.75, 3.05) is 33.0 Å². The summed E-state index contributed by atoms with van der Waals surface area (Å²) in [6.45, 7) is 9.05. The number of pyridine rings is 1. The van der Waals surface area contributed by atoms with Crippen molar-refractivity contribution in [2.24, 2.45) is 0 Å². The first-order chi connectivity index (χ1) is 18.5. The molecule has 2 aromatic heterocycles. The first-order valence-electron chi connectivity index (χ1n) is 13.0. The van der Waals surface area contributed by atoms with Crippen molar-refractivity contribution in [3.8, 4) is 6.01 Å². The number of nitrogens with zero attached hydrogens (tertiary/aromatic N) is 3. The van der Waals surface area contributed by atoms with E-state index in [9.17, 15) is 5.11 Å². The summed E-state index contributed by atoms with van der Waals surface area (Å²) in [6, 6.07) is 3.23. The van der Waals surface area contributed by atoms with Crippen molar-refractivity contribution in [1.29, 1.82) is 0 Å². The molecule has 6 rings (SSSR count). The standard InChI is InChI=1S/C18H25ClIN3O5Si.C6H10O4/c1-29(2,3)5-4-25-9-23-17-11(6-10(19)16(20)22-17)21-18(23)28-13-8-27-14-12(24)7-26-15(13)14;7-3-1-9-6-4(8)2-10-5(3)6/h6,12-15,24H,4-5,7-9H2,1-3H3;3-8H,1-2H2/t12-,13-,14-,15-;3-,4-,5-,6-/m11/s1. The second kappa shape index (κ2) is 12.3. The number of fused-ring (bicyclic) bond motifs is 3. The Morgan fingerprint density at radius 2 is 1.51 bits per heavy atom. The lowest BCUT2D eigenvalue weighted by atomic mass is 10.1. The van der Waals surface area contributed by atoms with Gasteiger partial charge in [0, 0.05) is 14.7 Å². The van der Waals surface area contributed by atoms with E-state index in [-0.39, 0.29) is 57.1 Å². The lowest BCUT2D eigenvalue weighted by Gasteiger charge is -2.19. The zero-order valence-corrected chi connectivity index (χ0v) is 25.9. The number of aliphatic hydroxyl groups excluding tert-OH is 3. The van der Waals surface area contributed by atoms with E-state index >= 15 is 0 Å². The van der Waals surface area contributed by atoms with Crippen LogP contribution in [0.5, 0.6) is 6.01 Å². The van der Waals surface area contributed by atoms with Crippen LogP contribution in [0.15, 0.2) is 6.07 Å². The zero-order valence-electron chi connectivity index (χ0n) is 22.0. The van der Waals surface area contributed by atoms with Gasteiger partial charge in [-0.15, -0.1) is 0 Å². The molecule has 4 saturated heterocycles. The zero-order chi connectivity index (χ0) is 27.9. The molecule has 0 aromatic carbocycles. The van der Waals surface area contributed by atoms with E-state index in [1.54, 1.807) is 6.07 Å². The Morgan fingerprint density at radius 3 is 2.13 bits per heavy atom. The molecule has 0 radical (unpaired) electrons. The Balaban J connectivity index is 0.000000257.